The number of hydrogen-bond acceptors (Lipinski definition) is 7. The molecule has 1 aliphatic heterocycles. The van der Waals surface area contributed by atoms with Crippen LogP contribution >= 0.6 is 0 Å². The number of aromatic nitrogens is 6. The maximum atomic E-state index is 4.78. The molecule has 8 nitrogen and oxygen atoms in total. The smallest absolute Gasteiger partial charge is 0.180 e. The van der Waals surface area contributed by atoms with Crippen LogP contribution in [0.25, 0.3) is 11.5 Å². The van der Waals surface area contributed by atoms with Crippen molar-refractivity contribution >= 4 is 5.82 Å². The molecule has 4 rings (SSSR count). The first-order chi connectivity index (χ1) is 13.2. The number of fused-ring (bicyclic) bond motifs is 1. The summed E-state index contributed by atoms with van der Waals surface area (Å²) in [6.07, 6.45) is 5.26. The standard InChI is InChI=1S/C19H24N8/c1-13(2)27-12-23-26-17(27)7-10-22-18-14-6-9-20-11-16(14)24-19(25-18)15-5-3-4-8-21-15/h3-5,8,12-13,20H,6-7,9-11H2,1-2H3,(H,22,24,25). The second-order valence-corrected chi connectivity index (χ2v) is 6.89. The molecule has 0 saturated heterocycles. The summed E-state index contributed by atoms with van der Waals surface area (Å²) in [4.78, 5) is 13.9. The quantitative estimate of drug-likeness (QED) is 0.691. The van der Waals surface area contributed by atoms with E-state index in [4.69, 9.17) is 9.97 Å². The average Bonchev–Trinajstić information content (AvgIpc) is 3.17. The fourth-order valence-electron chi connectivity index (χ4n) is 3.28. The van der Waals surface area contributed by atoms with Crippen LogP contribution in [0.2, 0.25) is 0 Å². The number of pyridine rings is 1. The zero-order valence-electron chi connectivity index (χ0n) is 15.7. The number of anilines is 1. The molecule has 27 heavy (non-hydrogen) atoms. The van der Waals surface area contributed by atoms with Gasteiger partial charge in [0.05, 0.1) is 5.69 Å². The van der Waals surface area contributed by atoms with E-state index in [1.165, 1.54) is 5.56 Å². The van der Waals surface area contributed by atoms with Crippen LogP contribution in [0.5, 0.6) is 0 Å². The van der Waals surface area contributed by atoms with E-state index in [1.807, 2.05) is 18.2 Å². The predicted octanol–water partition coefficient (Wildman–Crippen LogP) is 2.01. The third-order valence-electron chi connectivity index (χ3n) is 4.68. The predicted molar refractivity (Wildman–Crippen MR) is 103 cm³/mol. The number of rotatable bonds is 6. The van der Waals surface area contributed by atoms with Crippen molar-refractivity contribution < 1.29 is 0 Å². The van der Waals surface area contributed by atoms with Gasteiger partial charge in [-0.2, -0.15) is 0 Å². The van der Waals surface area contributed by atoms with E-state index in [0.717, 1.165) is 55.5 Å². The van der Waals surface area contributed by atoms with E-state index in [2.05, 4.69) is 44.2 Å². The van der Waals surface area contributed by atoms with Crippen molar-refractivity contribution in [2.45, 2.75) is 39.3 Å². The maximum Gasteiger partial charge on any atom is 0.180 e. The van der Waals surface area contributed by atoms with Gasteiger partial charge in [0.25, 0.3) is 0 Å². The van der Waals surface area contributed by atoms with Gasteiger partial charge < -0.3 is 15.2 Å². The Balaban J connectivity index is 1.57. The van der Waals surface area contributed by atoms with Crippen molar-refractivity contribution in [2.24, 2.45) is 0 Å². The lowest BCUT2D eigenvalue weighted by atomic mass is 10.1. The summed E-state index contributed by atoms with van der Waals surface area (Å²) < 4.78 is 2.10. The molecule has 140 valence electrons. The van der Waals surface area contributed by atoms with E-state index < -0.39 is 0 Å². The first-order valence-electron chi connectivity index (χ1n) is 9.36. The highest BCUT2D eigenvalue weighted by Crippen LogP contribution is 2.24. The van der Waals surface area contributed by atoms with E-state index >= 15 is 0 Å². The van der Waals surface area contributed by atoms with Gasteiger partial charge in [0.15, 0.2) is 5.82 Å². The van der Waals surface area contributed by atoms with Gasteiger partial charge in [0.2, 0.25) is 0 Å². The summed E-state index contributed by atoms with van der Waals surface area (Å²) in [5.74, 6) is 2.54. The topological polar surface area (TPSA) is 93.4 Å². The highest BCUT2D eigenvalue weighted by Gasteiger charge is 2.18. The third kappa shape index (κ3) is 3.80. The molecule has 0 aromatic carbocycles. The van der Waals surface area contributed by atoms with Crippen LogP contribution in [0.4, 0.5) is 5.82 Å². The Morgan fingerprint density at radius 3 is 3.00 bits per heavy atom. The van der Waals surface area contributed by atoms with Gasteiger partial charge in [0.1, 0.15) is 23.7 Å². The van der Waals surface area contributed by atoms with Crippen LogP contribution in [-0.4, -0.2) is 42.8 Å². The molecular weight excluding hydrogens is 340 g/mol. The minimum Gasteiger partial charge on any atom is -0.369 e. The van der Waals surface area contributed by atoms with E-state index in [0.29, 0.717) is 11.9 Å². The Morgan fingerprint density at radius 2 is 2.19 bits per heavy atom. The van der Waals surface area contributed by atoms with Crippen molar-refractivity contribution in [2.75, 3.05) is 18.4 Å². The second-order valence-electron chi connectivity index (χ2n) is 6.89. The van der Waals surface area contributed by atoms with Gasteiger partial charge in [-0.25, -0.2) is 9.97 Å². The molecule has 3 aromatic heterocycles. The highest BCUT2D eigenvalue weighted by atomic mass is 15.3. The summed E-state index contributed by atoms with van der Waals surface area (Å²) in [6.45, 7) is 6.70. The number of nitrogens with one attached hydrogen (secondary N) is 2. The average molecular weight is 364 g/mol. The molecule has 0 amide bonds. The molecule has 0 spiro atoms. The monoisotopic (exact) mass is 364 g/mol. The lowest BCUT2D eigenvalue weighted by Crippen LogP contribution is -2.27. The van der Waals surface area contributed by atoms with Crippen LogP contribution in [0, 0.1) is 0 Å². The molecule has 3 aromatic rings. The van der Waals surface area contributed by atoms with Crippen LogP contribution in [0.1, 0.15) is 37.0 Å². The van der Waals surface area contributed by atoms with Crippen molar-refractivity contribution in [3.63, 3.8) is 0 Å². The Bertz CT molecular complexity index is 903. The van der Waals surface area contributed by atoms with Gasteiger partial charge >= 0.3 is 0 Å². The van der Waals surface area contributed by atoms with Crippen LogP contribution in [-0.2, 0) is 19.4 Å². The van der Waals surface area contributed by atoms with Gasteiger partial charge in [-0.05, 0) is 38.9 Å². The number of nitrogens with zero attached hydrogens (tertiary/aromatic N) is 6. The SMILES string of the molecule is CC(C)n1cnnc1CCNc1nc(-c2ccccn2)nc2c1CCNC2. The van der Waals surface area contributed by atoms with Crippen molar-refractivity contribution in [1.82, 2.24) is 35.0 Å². The zero-order valence-corrected chi connectivity index (χ0v) is 15.7. The fourth-order valence-corrected chi connectivity index (χ4v) is 3.28. The molecule has 0 aliphatic carbocycles. The fraction of sp³-hybridized carbons (Fsp3) is 0.421. The van der Waals surface area contributed by atoms with Crippen LogP contribution < -0.4 is 10.6 Å². The van der Waals surface area contributed by atoms with Crippen molar-refractivity contribution in [1.29, 1.82) is 0 Å². The molecule has 2 N–H and O–H groups in total. The zero-order chi connectivity index (χ0) is 18.6. The molecule has 0 saturated carbocycles. The Hall–Kier alpha value is -2.87. The van der Waals surface area contributed by atoms with Gasteiger partial charge in [-0.15, -0.1) is 10.2 Å². The minimum absolute atomic E-state index is 0.351. The normalized spacial score (nSPS) is 13.6. The largest absolute Gasteiger partial charge is 0.369 e. The molecular formula is C19H24N8. The molecule has 0 bridgehead atoms. The summed E-state index contributed by atoms with van der Waals surface area (Å²) in [5.41, 5.74) is 3.02. The highest BCUT2D eigenvalue weighted by molar-refractivity contribution is 5.57. The number of hydrogen-bond donors (Lipinski definition) is 2. The van der Waals surface area contributed by atoms with E-state index in [9.17, 15) is 0 Å². The third-order valence-corrected chi connectivity index (χ3v) is 4.68. The minimum atomic E-state index is 0.351. The van der Waals surface area contributed by atoms with Gasteiger partial charge in [-0.3, -0.25) is 4.98 Å². The first kappa shape index (κ1) is 17.5. The first-order valence-corrected chi connectivity index (χ1v) is 9.36. The summed E-state index contributed by atoms with van der Waals surface area (Å²) in [7, 11) is 0. The van der Waals surface area contributed by atoms with Crippen molar-refractivity contribution in [3.8, 4) is 11.5 Å². The maximum absolute atomic E-state index is 4.78. The second kappa shape index (κ2) is 7.79. The van der Waals surface area contributed by atoms with E-state index in [-0.39, 0.29) is 0 Å². The summed E-state index contributed by atoms with van der Waals surface area (Å²) >= 11 is 0. The molecule has 0 radical (unpaired) electrons. The molecule has 0 fully saturated rings. The van der Waals surface area contributed by atoms with Crippen molar-refractivity contribution in [3.05, 3.63) is 47.8 Å². The summed E-state index contributed by atoms with van der Waals surface area (Å²) in [5, 5.41) is 15.2. The van der Waals surface area contributed by atoms with Gasteiger partial charge in [0, 0.05) is 37.3 Å². The molecule has 8 heteroatoms. The molecule has 1 aliphatic rings. The molecule has 0 unspecified atom stereocenters. The van der Waals surface area contributed by atoms with Crippen LogP contribution in [0.15, 0.2) is 30.7 Å². The lowest BCUT2D eigenvalue weighted by molar-refractivity contribution is 0.568. The summed E-state index contributed by atoms with van der Waals surface area (Å²) in [6, 6.07) is 6.14. The molecule has 0 atom stereocenters. The Labute approximate surface area is 158 Å². The van der Waals surface area contributed by atoms with E-state index in [1.54, 1.807) is 12.5 Å². The Morgan fingerprint density at radius 1 is 1.26 bits per heavy atom. The lowest BCUT2D eigenvalue weighted by Gasteiger charge is -2.20. The Kier molecular flexibility index (Phi) is 5.06. The molecule has 4 heterocycles. The van der Waals surface area contributed by atoms with Gasteiger partial charge in [-0.1, -0.05) is 6.07 Å². The van der Waals surface area contributed by atoms with Crippen LogP contribution in [0.3, 0.4) is 0 Å².